The van der Waals surface area contributed by atoms with Gasteiger partial charge in [-0.1, -0.05) is 41.9 Å². The monoisotopic (exact) mass is 332 g/mol. The number of nitrogens with one attached hydrogen (secondary N) is 1. The van der Waals surface area contributed by atoms with Crippen molar-refractivity contribution >= 4 is 23.2 Å². The minimum Gasteiger partial charge on any atom is -0.322 e. The number of halogens is 2. The minimum absolute atomic E-state index is 0.123. The van der Waals surface area contributed by atoms with Crippen LogP contribution in [0.25, 0.3) is 0 Å². The highest BCUT2D eigenvalue weighted by molar-refractivity contribution is 6.30. The Morgan fingerprint density at radius 3 is 2.83 bits per heavy atom. The molecule has 2 aromatic carbocycles. The van der Waals surface area contributed by atoms with Crippen LogP contribution in [0.15, 0.2) is 48.5 Å². The Hall–Kier alpha value is -1.91. The van der Waals surface area contributed by atoms with E-state index in [9.17, 15) is 9.18 Å². The number of hydrogen-bond donors (Lipinski definition) is 1. The second-order valence-electron chi connectivity index (χ2n) is 5.71. The van der Waals surface area contributed by atoms with E-state index in [-0.39, 0.29) is 24.2 Å². The van der Waals surface area contributed by atoms with Gasteiger partial charge in [-0.3, -0.25) is 9.69 Å². The van der Waals surface area contributed by atoms with Crippen LogP contribution >= 0.6 is 11.6 Å². The molecule has 1 aliphatic rings. The first-order valence-electron chi connectivity index (χ1n) is 7.67. The van der Waals surface area contributed by atoms with Crippen LogP contribution < -0.4 is 5.32 Å². The average Bonchev–Trinajstić information content (AvgIpc) is 3.00. The molecule has 1 aliphatic heterocycles. The fourth-order valence-electron chi connectivity index (χ4n) is 3.04. The molecular formula is C18H18ClFN2O. The summed E-state index contributed by atoms with van der Waals surface area (Å²) < 4.78 is 13.7. The molecule has 1 atom stereocenters. The zero-order chi connectivity index (χ0) is 16.2. The van der Waals surface area contributed by atoms with E-state index in [2.05, 4.69) is 22.3 Å². The van der Waals surface area contributed by atoms with E-state index in [1.807, 2.05) is 18.2 Å². The predicted octanol–water partition coefficient (Wildman–Crippen LogP) is 4.25. The van der Waals surface area contributed by atoms with Crippen molar-refractivity contribution in [1.82, 2.24) is 4.90 Å². The SMILES string of the molecule is O=C(CN1CCC[C@@H]1c1ccccc1)Nc1cc(Cl)ccc1F. The van der Waals surface area contributed by atoms with Gasteiger partial charge in [-0.2, -0.15) is 0 Å². The smallest absolute Gasteiger partial charge is 0.238 e. The van der Waals surface area contributed by atoms with Crippen LogP contribution in [0.2, 0.25) is 5.02 Å². The normalized spacial score (nSPS) is 18.1. The molecule has 23 heavy (non-hydrogen) atoms. The molecular weight excluding hydrogens is 315 g/mol. The Kier molecular flexibility index (Phi) is 4.94. The van der Waals surface area contributed by atoms with E-state index >= 15 is 0 Å². The summed E-state index contributed by atoms with van der Waals surface area (Å²) in [5, 5.41) is 3.00. The molecule has 0 unspecified atom stereocenters. The highest BCUT2D eigenvalue weighted by atomic mass is 35.5. The second kappa shape index (κ2) is 7.11. The van der Waals surface area contributed by atoms with E-state index < -0.39 is 5.82 Å². The molecule has 5 heteroatoms. The molecule has 1 amide bonds. The maximum atomic E-state index is 13.7. The van der Waals surface area contributed by atoms with Gasteiger partial charge < -0.3 is 5.32 Å². The summed E-state index contributed by atoms with van der Waals surface area (Å²) in [6.45, 7) is 1.11. The van der Waals surface area contributed by atoms with E-state index in [1.54, 1.807) is 0 Å². The molecule has 0 bridgehead atoms. The van der Waals surface area contributed by atoms with Gasteiger partial charge in [0.1, 0.15) is 5.82 Å². The first-order valence-corrected chi connectivity index (χ1v) is 8.05. The van der Waals surface area contributed by atoms with Crippen LogP contribution in [0.4, 0.5) is 10.1 Å². The number of nitrogens with zero attached hydrogens (tertiary/aromatic N) is 1. The lowest BCUT2D eigenvalue weighted by Crippen LogP contribution is -2.33. The van der Waals surface area contributed by atoms with Gasteiger partial charge in [0.15, 0.2) is 0 Å². The fraction of sp³-hybridized carbons (Fsp3) is 0.278. The van der Waals surface area contributed by atoms with Crippen molar-refractivity contribution in [3.8, 4) is 0 Å². The molecule has 2 aromatic rings. The van der Waals surface area contributed by atoms with E-state index in [1.165, 1.54) is 23.8 Å². The van der Waals surface area contributed by atoms with Crippen LogP contribution in [0.1, 0.15) is 24.4 Å². The van der Waals surface area contributed by atoms with Crippen molar-refractivity contribution in [3.05, 3.63) is 64.9 Å². The van der Waals surface area contributed by atoms with Gasteiger partial charge in [-0.05, 0) is 43.1 Å². The first-order chi connectivity index (χ1) is 11.1. The van der Waals surface area contributed by atoms with Crippen LogP contribution in [0, 0.1) is 5.82 Å². The largest absolute Gasteiger partial charge is 0.322 e. The summed E-state index contributed by atoms with van der Waals surface area (Å²) in [7, 11) is 0. The molecule has 1 fully saturated rings. The molecule has 3 rings (SSSR count). The Bertz CT molecular complexity index is 693. The van der Waals surface area contributed by atoms with Crippen molar-refractivity contribution in [1.29, 1.82) is 0 Å². The molecule has 0 saturated carbocycles. The van der Waals surface area contributed by atoms with E-state index in [0.717, 1.165) is 19.4 Å². The zero-order valence-electron chi connectivity index (χ0n) is 12.6. The summed E-state index contributed by atoms with van der Waals surface area (Å²) in [5.74, 6) is -0.710. The van der Waals surface area contributed by atoms with Gasteiger partial charge in [0.25, 0.3) is 0 Å². The number of carbonyl (C=O) groups excluding carboxylic acids is 1. The first kappa shape index (κ1) is 16.0. The topological polar surface area (TPSA) is 32.3 Å². The second-order valence-corrected chi connectivity index (χ2v) is 6.15. The highest BCUT2D eigenvalue weighted by Crippen LogP contribution is 2.31. The highest BCUT2D eigenvalue weighted by Gasteiger charge is 2.27. The van der Waals surface area contributed by atoms with Crippen LogP contribution in [-0.4, -0.2) is 23.9 Å². The van der Waals surface area contributed by atoms with Crippen LogP contribution in [-0.2, 0) is 4.79 Å². The van der Waals surface area contributed by atoms with Crippen LogP contribution in [0.5, 0.6) is 0 Å². The molecule has 0 spiro atoms. The lowest BCUT2D eigenvalue weighted by Gasteiger charge is -2.24. The minimum atomic E-state index is -0.483. The Morgan fingerprint density at radius 2 is 2.04 bits per heavy atom. The fourth-order valence-corrected chi connectivity index (χ4v) is 3.21. The molecule has 3 nitrogen and oxygen atoms in total. The number of anilines is 1. The molecule has 0 aliphatic carbocycles. The van der Waals surface area contributed by atoms with Gasteiger partial charge in [0, 0.05) is 11.1 Å². The summed E-state index contributed by atoms with van der Waals surface area (Å²) >= 11 is 5.85. The molecule has 1 N–H and O–H groups in total. The van der Waals surface area contributed by atoms with Gasteiger partial charge in [0.2, 0.25) is 5.91 Å². The lowest BCUT2D eigenvalue weighted by atomic mass is 10.0. The summed E-state index contributed by atoms with van der Waals surface area (Å²) in [6, 6.07) is 14.5. The summed E-state index contributed by atoms with van der Waals surface area (Å²) in [4.78, 5) is 14.4. The third kappa shape index (κ3) is 3.89. The van der Waals surface area contributed by atoms with Crippen molar-refractivity contribution < 1.29 is 9.18 Å². The van der Waals surface area contributed by atoms with Crippen molar-refractivity contribution in [3.63, 3.8) is 0 Å². The van der Waals surface area contributed by atoms with Crippen molar-refractivity contribution in [2.75, 3.05) is 18.4 Å². The lowest BCUT2D eigenvalue weighted by molar-refractivity contribution is -0.117. The Morgan fingerprint density at radius 1 is 1.26 bits per heavy atom. The number of likely N-dealkylation sites (tertiary alicyclic amines) is 1. The number of rotatable bonds is 4. The van der Waals surface area contributed by atoms with E-state index in [4.69, 9.17) is 11.6 Å². The maximum Gasteiger partial charge on any atom is 0.238 e. The van der Waals surface area contributed by atoms with Crippen molar-refractivity contribution in [2.24, 2.45) is 0 Å². The van der Waals surface area contributed by atoms with E-state index in [0.29, 0.717) is 5.02 Å². The van der Waals surface area contributed by atoms with Gasteiger partial charge in [-0.25, -0.2) is 4.39 Å². The van der Waals surface area contributed by atoms with Crippen LogP contribution in [0.3, 0.4) is 0 Å². The number of benzene rings is 2. The number of hydrogen-bond acceptors (Lipinski definition) is 2. The Labute approximate surface area is 140 Å². The molecule has 120 valence electrons. The standard InChI is InChI=1S/C18H18ClFN2O/c19-14-8-9-15(20)16(11-14)21-18(23)12-22-10-4-7-17(22)13-5-2-1-3-6-13/h1-3,5-6,8-9,11,17H,4,7,10,12H2,(H,21,23)/t17-/m1/s1. The van der Waals surface area contributed by atoms with Gasteiger partial charge in [0.05, 0.1) is 12.2 Å². The summed E-state index contributed by atoms with van der Waals surface area (Å²) in [5.41, 5.74) is 1.34. The summed E-state index contributed by atoms with van der Waals surface area (Å²) in [6.07, 6.45) is 2.08. The van der Waals surface area contributed by atoms with Gasteiger partial charge in [-0.15, -0.1) is 0 Å². The third-order valence-electron chi connectivity index (χ3n) is 4.10. The molecule has 0 aromatic heterocycles. The zero-order valence-corrected chi connectivity index (χ0v) is 13.4. The molecule has 1 heterocycles. The molecule has 0 radical (unpaired) electrons. The third-order valence-corrected chi connectivity index (χ3v) is 4.33. The molecule has 1 saturated heterocycles. The van der Waals surface area contributed by atoms with Crippen molar-refractivity contribution in [2.45, 2.75) is 18.9 Å². The Balaban J connectivity index is 1.66. The maximum absolute atomic E-state index is 13.7. The number of amides is 1. The predicted molar refractivity (Wildman–Crippen MR) is 90.0 cm³/mol. The average molecular weight is 333 g/mol. The number of carbonyl (C=O) groups is 1. The van der Waals surface area contributed by atoms with Gasteiger partial charge >= 0.3 is 0 Å². The quantitative estimate of drug-likeness (QED) is 0.907.